The third kappa shape index (κ3) is 4.97. The van der Waals surface area contributed by atoms with Gasteiger partial charge in [0.05, 0.1) is 21.7 Å². The van der Waals surface area contributed by atoms with Gasteiger partial charge in [-0.05, 0) is 36.2 Å². The SMILES string of the molecule is N#Cc1ccc(N(Cc2ccccc2C(F)(F)F)[C@H]2CCN(C(=O)c3cscn3)C2)cc1Cl. The van der Waals surface area contributed by atoms with Crippen molar-refractivity contribution in [1.29, 1.82) is 5.26 Å². The fraction of sp³-hybridized carbons (Fsp3) is 0.261. The summed E-state index contributed by atoms with van der Waals surface area (Å²) in [5.74, 6) is -0.202. The van der Waals surface area contributed by atoms with Gasteiger partial charge in [-0.3, -0.25) is 4.79 Å². The number of thiazole rings is 1. The van der Waals surface area contributed by atoms with Gasteiger partial charge in [0, 0.05) is 36.7 Å². The van der Waals surface area contributed by atoms with Crippen LogP contribution < -0.4 is 4.90 Å². The predicted octanol–water partition coefficient (Wildman–Crippen LogP) is 5.61. The second-order valence-electron chi connectivity index (χ2n) is 7.63. The molecule has 5 nitrogen and oxygen atoms in total. The molecule has 0 unspecified atom stereocenters. The van der Waals surface area contributed by atoms with Crippen LogP contribution in [0.2, 0.25) is 5.02 Å². The Bertz CT molecular complexity index is 1190. The number of carbonyl (C=O) groups is 1. The number of amides is 1. The molecule has 1 aromatic heterocycles. The van der Waals surface area contributed by atoms with Gasteiger partial charge in [-0.1, -0.05) is 29.8 Å². The topological polar surface area (TPSA) is 60.2 Å². The second-order valence-corrected chi connectivity index (χ2v) is 8.75. The summed E-state index contributed by atoms with van der Waals surface area (Å²) in [6.45, 7) is 0.770. The van der Waals surface area contributed by atoms with Crippen LogP contribution in [0.25, 0.3) is 0 Å². The van der Waals surface area contributed by atoms with Crippen molar-refractivity contribution in [2.24, 2.45) is 0 Å². The van der Waals surface area contributed by atoms with Crippen molar-refractivity contribution >= 4 is 34.5 Å². The van der Waals surface area contributed by atoms with E-state index in [1.807, 2.05) is 11.0 Å². The van der Waals surface area contributed by atoms with Crippen LogP contribution >= 0.6 is 22.9 Å². The zero-order chi connectivity index (χ0) is 23.6. The number of alkyl halides is 3. The molecule has 1 saturated heterocycles. The third-order valence-corrected chi connectivity index (χ3v) is 6.51. The maximum atomic E-state index is 13.6. The molecule has 0 saturated carbocycles. The summed E-state index contributed by atoms with van der Waals surface area (Å²) >= 11 is 7.56. The first-order valence-electron chi connectivity index (χ1n) is 10.1. The molecule has 1 amide bonds. The quantitative estimate of drug-likeness (QED) is 0.466. The van der Waals surface area contributed by atoms with E-state index in [0.29, 0.717) is 30.9 Å². The molecule has 2 aromatic carbocycles. The molecule has 2 heterocycles. The molecule has 0 N–H and O–H groups in total. The molecular formula is C23H18ClF3N4OS. The molecule has 10 heteroatoms. The van der Waals surface area contributed by atoms with Crippen LogP contribution in [0.3, 0.4) is 0 Å². The third-order valence-electron chi connectivity index (χ3n) is 5.61. The number of halogens is 4. The van der Waals surface area contributed by atoms with Gasteiger partial charge < -0.3 is 9.80 Å². The van der Waals surface area contributed by atoms with E-state index in [9.17, 15) is 23.2 Å². The molecule has 0 aliphatic carbocycles. The maximum Gasteiger partial charge on any atom is 0.416 e. The number of rotatable bonds is 5. The van der Waals surface area contributed by atoms with Gasteiger partial charge in [0.2, 0.25) is 0 Å². The Morgan fingerprint density at radius 3 is 2.76 bits per heavy atom. The van der Waals surface area contributed by atoms with Gasteiger partial charge in [-0.2, -0.15) is 18.4 Å². The van der Waals surface area contributed by atoms with Crippen molar-refractivity contribution in [3.8, 4) is 6.07 Å². The minimum absolute atomic E-state index is 0.0265. The van der Waals surface area contributed by atoms with Crippen molar-refractivity contribution in [3.05, 3.63) is 80.8 Å². The molecule has 170 valence electrons. The van der Waals surface area contributed by atoms with Crippen LogP contribution in [0.1, 0.15) is 33.6 Å². The second kappa shape index (κ2) is 9.41. The minimum atomic E-state index is -4.49. The summed E-state index contributed by atoms with van der Waals surface area (Å²) in [6, 6.07) is 12.0. The van der Waals surface area contributed by atoms with Crippen LogP contribution in [-0.2, 0) is 12.7 Å². The Morgan fingerprint density at radius 2 is 2.09 bits per heavy atom. The summed E-state index contributed by atoms with van der Waals surface area (Å²) < 4.78 is 40.9. The molecular weight excluding hydrogens is 473 g/mol. The van der Waals surface area contributed by atoms with Crippen molar-refractivity contribution in [2.45, 2.75) is 25.2 Å². The number of likely N-dealkylation sites (tertiary alicyclic amines) is 1. The van der Waals surface area contributed by atoms with E-state index >= 15 is 0 Å². The molecule has 1 aliphatic heterocycles. The summed E-state index contributed by atoms with van der Waals surface area (Å²) in [7, 11) is 0. The van der Waals surface area contributed by atoms with Crippen LogP contribution in [0, 0.1) is 11.3 Å². The highest BCUT2D eigenvalue weighted by Gasteiger charge is 2.36. The van der Waals surface area contributed by atoms with Gasteiger partial charge in [0.25, 0.3) is 5.91 Å². The van der Waals surface area contributed by atoms with E-state index in [1.54, 1.807) is 40.1 Å². The normalized spacial score (nSPS) is 16.0. The first-order valence-corrected chi connectivity index (χ1v) is 11.4. The first kappa shape index (κ1) is 23.1. The fourth-order valence-electron chi connectivity index (χ4n) is 3.98. The lowest BCUT2D eigenvalue weighted by Gasteiger charge is -2.32. The van der Waals surface area contributed by atoms with Crippen LogP contribution in [0.4, 0.5) is 18.9 Å². The number of anilines is 1. The van der Waals surface area contributed by atoms with Crippen molar-refractivity contribution in [1.82, 2.24) is 9.88 Å². The number of nitriles is 1. The molecule has 1 fully saturated rings. The summed E-state index contributed by atoms with van der Waals surface area (Å²) in [5, 5.41) is 11.1. The Hall–Kier alpha value is -3.09. The zero-order valence-corrected chi connectivity index (χ0v) is 18.8. The van der Waals surface area contributed by atoms with E-state index in [4.69, 9.17) is 11.6 Å². The summed E-state index contributed by atoms with van der Waals surface area (Å²) in [4.78, 5) is 20.3. The van der Waals surface area contributed by atoms with E-state index < -0.39 is 11.7 Å². The lowest BCUT2D eigenvalue weighted by atomic mass is 10.0. The number of hydrogen-bond acceptors (Lipinski definition) is 5. The van der Waals surface area contributed by atoms with Gasteiger partial charge in [0.1, 0.15) is 11.8 Å². The van der Waals surface area contributed by atoms with Gasteiger partial charge in [0.15, 0.2) is 0 Å². The Kier molecular flexibility index (Phi) is 6.58. The lowest BCUT2D eigenvalue weighted by molar-refractivity contribution is -0.138. The largest absolute Gasteiger partial charge is 0.416 e. The number of nitrogens with zero attached hydrogens (tertiary/aromatic N) is 4. The van der Waals surface area contributed by atoms with Crippen LogP contribution in [0.15, 0.2) is 53.4 Å². The molecule has 33 heavy (non-hydrogen) atoms. The smallest absolute Gasteiger partial charge is 0.362 e. The van der Waals surface area contributed by atoms with E-state index in [1.165, 1.54) is 23.5 Å². The Labute approximate surface area is 197 Å². The standard InChI is InChI=1S/C23H18ClF3N4OS/c24-20-9-17(6-5-15(20)10-28)31(11-16-3-1-2-4-19(16)23(25,26)27)18-7-8-30(12-18)22(32)21-13-33-14-29-21/h1-6,9,13-14,18H,7-8,11-12H2/t18-/m0/s1. The molecule has 1 atom stereocenters. The van der Waals surface area contributed by atoms with Gasteiger partial charge >= 0.3 is 6.18 Å². The monoisotopic (exact) mass is 490 g/mol. The van der Waals surface area contributed by atoms with Crippen LogP contribution in [0.5, 0.6) is 0 Å². The number of aromatic nitrogens is 1. The molecule has 4 rings (SSSR count). The van der Waals surface area contributed by atoms with Crippen molar-refractivity contribution < 1.29 is 18.0 Å². The number of carbonyl (C=O) groups excluding carboxylic acids is 1. The number of benzene rings is 2. The van der Waals surface area contributed by atoms with Gasteiger partial charge in [-0.15, -0.1) is 11.3 Å². The Balaban J connectivity index is 1.67. The molecule has 1 aliphatic rings. The summed E-state index contributed by atoms with van der Waals surface area (Å²) in [5.41, 5.74) is 2.22. The van der Waals surface area contributed by atoms with Crippen molar-refractivity contribution in [2.75, 3.05) is 18.0 Å². The minimum Gasteiger partial charge on any atom is -0.362 e. The van der Waals surface area contributed by atoms with Gasteiger partial charge in [-0.25, -0.2) is 4.98 Å². The fourth-order valence-corrected chi connectivity index (χ4v) is 4.73. The zero-order valence-electron chi connectivity index (χ0n) is 17.2. The average molecular weight is 491 g/mol. The van der Waals surface area contributed by atoms with E-state index in [-0.39, 0.29) is 34.6 Å². The highest BCUT2D eigenvalue weighted by Crippen LogP contribution is 2.35. The molecule has 0 bridgehead atoms. The first-order chi connectivity index (χ1) is 15.8. The number of hydrogen-bond donors (Lipinski definition) is 0. The average Bonchev–Trinajstić information content (AvgIpc) is 3.49. The Morgan fingerprint density at radius 1 is 1.30 bits per heavy atom. The van der Waals surface area contributed by atoms with Crippen LogP contribution in [-0.4, -0.2) is 34.9 Å². The van der Waals surface area contributed by atoms with E-state index in [0.717, 1.165) is 6.07 Å². The maximum absolute atomic E-state index is 13.6. The molecule has 3 aromatic rings. The molecule has 0 spiro atoms. The highest BCUT2D eigenvalue weighted by atomic mass is 35.5. The van der Waals surface area contributed by atoms with E-state index in [2.05, 4.69) is 4.98 Å². The highest BCUT2D eigenvalue weighted by molar-refractivity contribution is 7.07. The lowest BCUT2D eigenvalue weighted by Crippen LogP contribution is -2.39. The van der Waals surface area contributed by atoms with Crippen molar-refractivity contribution in [3.63, 3.8) is 0 Å². The predicted molar refractivity (Wildman–Crippen MR) is 120 cm³/mol. The summed E-state index contributed by atoms with van der Waals surface area (Å²) in [6.07, 6.45) is -3.92. The molecule has 0 radical (unpaired) electrons.